The second-order valence-electron chi connectivity index (χ2n) is 6.18. The topological polar surface area (TPSA) is 66.8 Å². The quantitative estimate of drug-likeness (QED) is 0.620. The summed E-state index contributed by atoms with van der Waals surface area (Å²) in [6.45, 7) is 10.1. The van der Waals surface area contributed by atoms with Crippen molar-refractivity contribution >= 4 is 5.97 Å². The minimum absolute atomic E-state index is 0.0419. The summed E-state index contributed by atoms with van der Waals surface area (Å²) >= 11 is 0. The molecule has 0 saturated carbocycles. The van der Waals surface area contributed by atoms with Crippen LogP contribution in [0, 0.1) is 17.8 Å². The van der Waals surface area contributed by atoms with Crippen LogP contribution in [0.25, 0.3) is 0 Å². The maximum absolute atomic E-state index is 11.8. The third kappa shape index (κ3) is 3.09. The highest BCUT2D eigenvalue weighted by atomic mass is 16.5. The number of carbonyl (C=O) groups is 1. The number of carbonyl (C=O) groups excluding carboxylic acids is 1. The van der Waals surface area contributed by atoms with Crippen molar-refractivity contribution in [3.63, 3.8) is 0 Å². The molecule has 4 nitrogen and oxygen atoms in total. The van der Waals surface area contributed by atoms with Crippen LogP contribution in [-0.2, 0) is 9.53 Å². The first-order valence-corrected chi connectivity index (χ1v) is 7.77. The van der Waals surface area contributed by atoms with Crippen molar-refractivity contribution in [1.29, 1.82) is 0 Å². The Morgan fingerprint density at radius 1 is 1.13 bits per heavy atom. The Morgan fingerprint density at radius 2 is 1.78 bits per heavy atom. The van der Waals surface area contributed by atoms with E-state index < -0.39 is 6.29 Å². The third-order valence-corrected chi connectivity index (χ3v) is 5.01. The van der Waals surface area contributed by atoms with Crippen LogP contribution in [0.5, 0.6) is 0 Å². The zero-order chi connectivity index (χ0) is 17.3. The van der Waals surface area contributed by atoms with E-state index in [-0.39, 0.29) is 23.7 Å². The fourth-order valence-electron chi connectivity index (χ4n) is 3.19. The molecule has 0 bridgehead atoms. The van der Waals surface area contributed by atoms with Crippen LogP contribution in [0.1, 0.15) is 20.8 Å². The second-order valence-corrected chi connectivity index (χ2v) is 6.18. The van der Waals surface area contributed by atoms with Crippen LogP contribution in [0.4, 0.5) is 0 Å². The first-order chi connectivity index (χ1) is 10.8. The van der Waals surface area contributed by atoms with Gasteiger partial charge in [0, 0.05) is 11.5 Å². The molecular weight excluding hydrogens is 292 g/mol. The summed E-state index contributed by atoms with van der Waals surface area (Å²) in [5.41, 5.74) is 4.17. The zero-order valence-electron chi connectivity index (χ0n) is 14.0. The molecule has 2 aliphatic carbocycles. The van der Waals surface area contributed by atoms with Crippen LogP contribution < -0.4 is 0 Å². The molecule has 124 valence electrons. The Morgan fingerprint density at radius 3 is 2.35 bits per heavy atom. The van der Waals surface area contributed by atoms with E-state index in [1.807, 2.05) is 32.1 Å². The molecule has 3 unspecified atom stereocenters. The molecule has 2 aliphatic rings. The van der Waals surface area contributed by atoms with E-state index in [0.29, 0.717) is 11.1 Å². The van der Waals surface area contributed by atoms with Crippen LogP contribution in [0.2, 0.25) is 0 Å². The van der Waals surface area contributed by atoms with Crippen molar-refractivity contribution in [2.75, 3.05) is 7.11 Å². The van der Waals surface area contributed by atoms with Gasteiger partial charge in [-0.1, -0.05) is 51.7 Å². The van der Waals surface area contributed by atoms with Gasteiger partial charge in [-0.2, -0.15) is 0 Å². The molecule has 3 atom stereocenters. The lowest BCUT2D eigenvalue weighted by Crippen LogP contribution is -2.25. The van der Waals surface area contributed by atoms with Crippen LogP contribution >= 0.6 is 0 Å². The van der Waals surface area contributed by atoms with E-state index in [4.69, 9.17) is 4.74 Å². The molecule has 2 N–H and O–H groups in total. The standard InChI is InChI=1S/C19H24O4/c1-10-12(3)16(18(20)21)8-6-14(10)15-7-9-17(19(22)23-5)13(4)11(15)2/h6-9,11-13,18,20-21H,1H2,2-5H3. The molecule has 0 saturated heterocycles. The highest BCUT2D eigenvalue weighted by Gasteiger charge is 2.32. The Bertz CT molecular complexity index is 646. The molecular formula is C19H24O4. The SMILES string of the molecule is C=C1C(C2=CC=C(C(=O)OC)C(C)C2C)=CC=C(C(O)O)C1C. The maximum Gasteiger partial charge on any atom is 0.334 e. The second kappa shape index (κ2) is 6.69. The normalized spacial score (nSPS) is 28.0. The number of ether oxygens (including phenoxy) is 1. The predicted molar refractivity (Wildman–Crippen MR) is 89.2 cm³/mol. The highest BCUT2D eigenvalue weighted by Crippen LogP contribution is 2.41. The van der Waals surface area contributed by atoms with Crippen molar-refractivity contribution in [2.45, 2.75) is 27.1 Å². The summed E-state index contributed by atoms with van der Waals surface area (Å²) in [5.74, 6) is -0.252. The van der Waals surface area contributed by atoms with E-state index in [1.54, 1.807) is 6.08 Å². The van der Waals surface area contributed by atoms with E-state index >= 15 is 0 Å². The molecule has 0 heterocycles. The number of hydrogen-bond acceptors (Lipinski definition) is 4. The molecule has 0 aromatic heterocycles. The molecule has 4 heteroatoms. The van der Waals surface area contributed by atoms with Crippen molar-refractivity contribution in [3.8, 4) is 0 Å². The van der Waals surface area contributed by atoms with Crippen LogP contribution in [0.15, 0.2) is 58.7 Å². The predicted octanol–water partition coefficient (Wildman–Crippen LogP) is 2.67. The first-order valence-electron chi connectivity index (χ1n) is 7.77. The number of rotatable bonds is 3. The molecule has 0 aromatic carbocycles. The van der Waals surface area contributed by atoms with Gasteiger partial charge in [-0.25, -0.2) is 4.79 Å². The number of allylic oxidation sites excluding steroid dienone is 7. The molecule has 0 radical (unpaired) electrons. The lowest BCUT2D eigenvalue weighted by Gasteiger charge is -2.33. The minimum Gasteiger partial charge on any atom is -0.466 e. The van der Waals surface area contributed by atoms with Gasteiger partial charge in [-0.15, -0.1) is 0 Å². The van der Waals surface area contributed by atoms with Crippen LogP contribution in [0.3, 0.4) is 0 Å². The Kier molecular flexibility index (Phi) is 5.07. The van der Waals surface area contributed by atoms with Crippen LogP contribution in [-0.4, -0.2) is 29.6 Å². The summed E-state index contributed by atoms with van der Waals surface area (Å²) in [6.07, 6.45) is 5.90. The summed E-state index contributed by atoms with van der Waals surface area (Å²) in [7, 11) is 1.39. The van der Waals surface area contributed by atoms with Gasteiger partial charge in [0.1, 0.15) is 0 Å². The fourth-order valence-corrected chi connectivity index (χ4v) is 3.19. The molecule has 23 heavy (non-hydrogen) atoms. The number of hydrogen-bond donors (Lipinski definition) is 2. The van der Waals surface area contributed by atoms with Gasteiger partial charge in [0.2, 0.25) is 0 Å². The van der Waals surface area contributed by atoms with Gasteiger partial charge in [-0.3, -0.25) is 0 Å². The molecule has 2 rings (SSSR count). The molecule has 0 aromatic rings. The average Bonchev–Trinajstić information content (AvgIpc) is 2.52. The van der Waals surface area contributed by atoms with Gasteiger partial charge in [0.05, 0.1) is 7.11 Å². The monoisotopic (exact) mass is 316 g/mol. The van der Waals surface area contributed by atoms with E-state index in [1.165, 1.54) is 7.11 Å². The Labute approximate surface area is 137 Å². The Hall–Kier alpha value is -1.91. The van der Waals surface area contributed by atoms with Gasteiger partial charge in [0.25, 0.3) is 0 Å². The number of aliphatic hydroxyl groups is 2. The first kappa shape index (κ1) is 17.4. The summed E-state index contributed by atoms with van der Waals surface area (Å²) in [4.78, 5) is 11.8. The van der Waals surface area contributed by atoms with Crippen molar-refractivity contribution in [1.82, 2.24) is 0 Å². The van der Waals surface area contributed by atoms with E-state index in [0.717, 1.165) is 16.7 Å². The number of aliphatic hydroxyl groups excluding tert-OH is 1. The fraction of sp³-hybridized carbons (Fsp3) is 0.421. The van der Waals surface area contributed by atoms with Gasteiger partial charge < -0.3 is 14.9 Å². The van der Waals surface area contributed by atoms with Crippen molar-refractivity contribution < 1.29 is 19.7 Å². The van der Waals surface area contributed by atoms with E-state index in [2.05, 4.69) is 13.5 Å². The number of esters is 1. The van der Waals surface area contributed by atoms with Gasteiger partial charge >= 0.3 is 5.97 Å². The maximum atomic E-state index is 11.8. The summed E-state index contributed by atoms with van der Waals surface area (Å²) < 4.78 is 4.83. The summed E-state index contributed by atoms with van der Waals surface area (Å²) in [6, 6.07) is 0. The zero-order valence-corrected chi connectivity index (χ0v) is 14.0. The van der Waals surface area contributed by atoms with Crippen molar-refractivity contribution in [2.24, 2.45) is 17.8 Å². The summed E-state index contributed by atoms with van der Waals surface area (Å²) in [5, 5.41) is 18.8. The highest BCUT2D eigenvalue weighted by molar-refractivity contribution is 5.90. The van der Waals surface area contributed by atoms with Crippen molar-refractivity contribution in [3.05, 3.63) is 58.7 Å². The molecule has 0 spiro atoms. The smallest absolute Gasteiger partial charge is 0.334 e. The average molecular weight is 316 g/mol. The molecule has 0 aliphatic heterocycles. The number of methoxy groups -OCH3 is 1. The van der Waals surface area contributed by atoms with E-state index in [9.17, 15) is 15.0 Å². The molecule has 0 fully saturated rings. The van der Waals surface area contributed by atoms with Gasteiger partial charge in [0.15, 0.2) is 6.29 Å². The lowest BCUT2D eigenvalue weighted by atomic mass is 9.72. The Balaban J connectivity index is 2.42. The van der Waals surface area contributed by atoms with Gasteiger partial charge in [-0.05, 0) is 34.1 Å². The lowest BCUT2D eigenvalue weighted by molar-refractivity contribution is -0.136. The third-order valence-electron chi connectivity index (χ3n) is 5.01. The minimum atomic E-state index is -1.47. The largest absolute Gasteiger partial charge is 0.466 e. The molecule has 0 amide bonds.